The minimum absolute atomic E-state index is 0.0339. The van der Waals surface area contributed by atoms with Crippen LogP contribution < -0.4 is 10.2 Å². The van der Waals surface area contributed by atoms with Gasteiger partial charge in [-0.25, -0.2) is 24.1 Å². The summed E-state index contributed by atoms with van der Waals surface area (Å²) in [4.78, 5) is 26.7. The van der Waals surface area contributed by atoms with E-state index in [2.05, 4.69) is 20.3 Å². The summed E-state index contributed by atoms with van der Waals surface area (Å²) in [5.74, 6) is -0.256. The van der Waals surface area contributed by atoms with Crippen LogP contribution >= 0.6 is 35.0 Å². The lowest BCUT2D eigenvalue weighted by atomic mass is 10.1. The van der Waals surface area contributed by atoms with E-state index >= 15 is 0 Å². The fourth-order valence-electron chi connectivity index (χ4n) is 3.15. The molecule has 7 nitrogen and oxygen atoms in total. The van der Waals surface area contributed by atoms with Crippen molar-refractivity contribution in [2.24, 2.45) is 0 Å². The SMILES string of the molecule is CSc1nc(N2CCC[C@H](NC(=O)OC(C)(C)C)C2)c2c(Cl)nc(Cl)c(F)c2n1. The Bertz CT molecular complexity index is 941. The Morgan fingerprint density at radius 2 is 2.00 bits per heavy atom. The standard InChI is InChI=1S/C18H22Cl2FN5O2S/c1-18(2,3)28-17(27)22-9-6-5-7-26(8-9)15-10-12(23-16(25-15)29-4)11(21)14(20)24-13(10)19/h9H,5-8H2,1-4H3,(H,22,27)/t9-/m0/s1. The maximum Gasteiger partial charge on any atom is 0.407 e. The molecule has 0 radical (unpaired) electrons. The fraction of sp³-hybridized carbons (Fsp3) is 0.556. The number of nitrogens with one attached hydrogen (secondary N) is 1. The van der Waals surface area contributed by atoms with Gasteiger partial charge in [0.15, 0.2) is 16.1 Å². The first-order valence-corrected chi connectivity index (χ1v) is 11.1. The first-order valence-electron chi connectivity index (χ1n) is 9.09. The van der Waals surface area contributed by atoms with Gasteiger partial charge in [-0.05, 0) is 39.9 Å². The Morgan fingerprint density at radius 1 is 1.28 bits per heavy atom. The van der Waals surface area contributed by atoms with Gasteiger partial charge < -0.3 is 15.0 Å². The molecule has 0 bridgehead atoms. The van der Waals surface area contributed by atoms with Crippen LogP contribution in [0.25, 0.3) is 10.9 Å². The number of carbonyl (C=O) groups is 1. The third-order valence-corrected chi connectivity index (χ3v) is 5.36. The highest BCUT2D eigenvalue weighted by Crippen LogP contribution is 2.35. The summed E-state index contributed by atoms with van der Waals surface area (Å²) in [7, 11) is 0. The summed E-state index contributed by atoms with van der Waals surface area (Å²) in [5, 5.41) is 3.30. The van der Waals surface area contributed by atoms with Gasteiger partial charge in [-0.2, -0.15) is 0 Å². The van der Waals surface area contributed by atoms with Gasteiger partial charge in [0.25, 0.3) is 0 Å². The van der Waals surface area contributed by atoms with Crippen molar-refractivity contribution >= 4 is 57.8 Å². The lowest BCUT2D eigenvalue weighted by molar-refractivity contribution is 0.0500. The maximum absolute atomic E-state index is 14.6. The van der Waals surface area contributed by atoms with Gasteiger partial charge in [-0.3, -0.25) is 0 Å². The van der Waals surface area contributed by atoms with Crippen LogP contribution in [0.5, 0.6) is 0 Å². The Labute approximate surface area is 182 Å². The zero-order chi connectivity index (χ0) is 21.3. The van der Waals surface area contributed by atoms with Gasteiger partial charge >= 0.3 is 6.09 Å². The first kappa shape index (κ1) is 22.1. The van der Waals surface area contributed by atoms with E-state index in [9.17, 15) is 9.18 Å². The molecule has 0 aliphatic carbocycles. The number of halogens is 3. The van der Waals surface area contributed by atoms with E-state index in [-0.39, 0.29) is 21.9 Å². The lowest BCUT2D eigenvalue weighted by Crippen LogP contribution is -2.49. The van der Waals surface area contributed by atoms with Crippen LogP contribution in [0.15, 0.2) is 5.16 Å². The quantitative estimate of drug-likeness (QED) is 0.403. The van der Waals surface area contributed by atoms with Crippen LogP contribution in [-0.4, -0.2) is 52.0 Å². The molecule has 2 aromatic rings. The summed E-state index contributed by atoms with van der Waals surface area (Å²) in [6, 6.07) is -0.148. The third-order valence-electron chi connectivity index (χ3n) is 4.29. The number of pyridine rings is 1. The predicted molar refractivity (Wildman–Crippen MR) is 114 cm³/mol. The second-order valence-electron chi connectivity index (χ2n) is 7.70. The summed E-state index contributed by atoms with van der Waals surface area (Å²) < 4.78 is 19.9. The maximum atomic E-state index is 14.6. The smallest absolute Gasteiger partial charge is 0.407 e. The van der Waals surface area contributed by atoms with Crippen LogP contribution in [0, 0.1) is 5.82 Å². The summed E-state index contributed by atoms with van der Waals surface area (Å²) in [6.45, 7) is 6.58. The van der Waals surface area contributed by atoms with Crippen molar-refractivity contribution in [3.63, 3.8) is 0 Å². The van der Waals surface area contributed by atoms with E-state index in [0.29, 0.717) is 29.5 Å². The average Bonchev–Trinajstić information content (AvgIpc) is 2.63. The van der Waals surface area contributed by atoms with Crippen LogP contribution in [-0.2, 0) is 4.74 Å². The molecule has 0 spiro atoms. The van der Waals surface area contributed by atoms with Gasteiger partial charge in [-0.15, -0.1) is 0 Å². The van der Waals surface area contributed by atoms with Gasteiger partial charge in [-0.1, -0.05) is 35.0 Å². The van der Waals surface area contributed by atoms with E-state index in [1.54, 1.807) is 6.26 Å². The van der Waals surface area contributed by atoms with Gasteiger partial charge in [0.1, 0.15) is 22.1 Å². The number of anilines is 1. The number of nitrogens with zero attached hydrogens (tertiary/aromatic N) is 4. The van der Waals surface area contributed by atoms with E-state index < -0.39 is 17.5 Å². The molecule has 3 rings (SSSR count). The monoisotopic (exact) mass is 461 g/mol. The molecule has 0 saturated carbocycles. The summed E-state index contributed by atoms with van der Waals surface area (Å²) >= 11 is 13.4. The Hall–Kier alpha value is -1.58. The minimum atomic E-state index is -0.731. The third kappa shape index (κ3) is 5.13. The molecular weight excluding hydrogens is 440 g/mol. The molecule has 1 saturated heterocycles. The first-order chi connectivity index (χ1) is 13.6. The molecule has 29 heavy (non-hydrogen) atoms. The molecular formula is C18H22Cl2FN5O2S. The highest BCUT2D eigenvalue weighted by molar-refractivity contribution is 7.98. The number of aromatic nitrogens is 3. The van der Waals surface area contributed by atoms with E-state index in [4.69, 9.17) is 27.9 Å². The van der Waals surface area contributed by atoms with Crippen molar-refractivity contribution in [2.45, 2.75) is 50.4 Å². The average molecular weight is 462 g/mol. The van der Waals surface area contributed by atoms with Crippen LogP contribution in [0.3, 0.4) is 0 Å². The number of amides is 1. The molecule has 158 valence electrons. The predicted octanol–water partition coefficient (Wildman–Crippen LogP) is 4.69. The summed E-state index contributed by atoms with van der Waals surface area (Å²) in [5.41, 5.74) is -0.545. The van der Waals surface area contributed by atoms with Crippen molar-refractivity contribution in [3.8, 4) is 0 Å². The zero-order valence-electron chi connectivity index (χ0n) is 16.6. The number of carbonyl (C=O) groups excluding carboxylic acids is 1. The molecule has 0 aromatic carbocycles. The van der Waals surface area contributed by atoms with Crippen molar-refractivity contribution < 1.29 is 13.9 Å². The molecule has 3 heterocycles. The van der Waals surface area contributed by atoms with Gasteiger partial charge in [0, 0.05) is 19.1 Å². The fourth-order valence-corrected chi connectivity index (χ4v) is 3.98. The van der Waals surface area contributed by atoms with Crippen LogP contribution in [0.2, 0.25) is 10.3 Å². The number of fused-ring (bicyclic) bond motifs is 1. The second kappa shape index (κ2) is 8.65. The lowest BCUT2D eigenvalue weighted by Gasteiger charge is -2.35. The largest absolute Gasteiger partial charge is 0.444 e. The molecule has 1 aliphatic rings. The molecule has 0 unspecified atom stereocenters. The number of hydrogen-bond acceptors (Lipinski definition) is 7. The van der Waals surface area contributed by atoms with Crippen molar-refractivity contribution in [1.82, 2.24) is 20.3 Å². The van der Waals surface area contributed by atoms with Crippen molar-refractivity contribution in [2.75, 3.05) is 24.2 Å². The highest BCUT2D eigenvalue weighted by atomic mass is 35.5. The number of alkyl carbamates (subject to hydrolysis) is 1. The topological polar surface area (TPSA) is 80.2 Å². The van der Waals surface area contributed by atoms with Crippen LogP contribution in [0.1, 0.15) is 33.6 Å². The molecule has 1 N–H and O–H groups in total. The van der Waals surface area contributed by atoms with E-state index in [1.165, 1.54) is 11.8 Å². The Kier molecular flexibility index (Phi) is 6.60. The summed E-state index contributed by atoms with van der Waals surface area (Å²) in [6.07, 6.45) is 2.93. The van der Waals surface area contributed by atoms with Crippen molar-refractivity contribution in [3.05, 3.63) is 16.1 Å². The second-order valence-corrected chi connectivity index (χ2v) is 9.19. The Balaban J connectivity index is 1.93. The van der Waals surface area contributed by atoms with Crippen molar-refractivity contribution in [1.29, 1.82) is 0 Å². The minimum Gasteiger partial charge on any atom is -0.444 e. The number of thioether (sulfide) groups is 1. The molecule has 1 aliphatic heterocycles. The van der Waals surface area contributed by atoms with Gasteiger partial charge in [0.2, 0.25) is 0 Å². The number of rotatable bonds is 3. The molecule has 2 aromatic heterocycles. The molecule has 1 fully saturated rings. The molecule has 11 heteroatoms. The normalized spacial score (nSPS) is 17.5. The number of ether oxygens (including phenoxy) is 1. The van der Waals surface area contributed by atoms with Gasteiger partial charge in [0.05, 0.1) is 5.39 Å². The molecule has 1 amide bonds. The molecule has 1 atom stereocenters. The zero-order valence-corrected chi connectivity index (χ0v) is 18.9. The number of piperidine rings is 1. The highest BCUT2D eigenvalue weighted by Gasteiger charge is 2.28. The Morgan fingerprint density at radius 3 is 2.66 bits per heavy atom. The van der Waals surface area contributed by atoms with E-state index in [1.807, 2.05) is 25.7 Å². The van der Waals surface area contributed by atoms with Crippen LogP contribution in [0.4, 0.5) is 15.0 Å². The number of hydrogen-bond donors (Lipinski definition) is 1. The van der Waals surface area contributed by atoms with E-state index in [0.717, 1.165) is 12.8 Å².